The summed E-state index contributed by atoms with van der Waals surface area (Å²) >= 11 is 0. The molecule has 3 heteroatoms. The summed E-state index contributed by atoms with van der Waals surface area (Å²) in [7, 11) is 0. The Bertz CT molecular complexity index is 631. The molecule has 2 aromatic rings. The summed E-state index contributed by atoms with van der Waals surface area (Å²) < 4.78 is 13.8. The van der Waals surface area contributed by atoms with E-state index in [1.807, 2.05) is 30.3 Å². The lowest BCUT2D eigenvalue weighted by atomic mass is 9.85. The maximum absolute atomic E-state index is 13.8. The molecule has 1 unspecified atom stereocenters. The molecule has 0 aliphatic carbocycles. The molecule has 0 aliphatic heterocycles. The molecule has 2 rings (SSSR count). The number of hydrogen-bond acceptors (Lipinski definition) is 1. The highest BCUT2D eigenvalue weighted by Gasteiger charge is 2.23. The van der Waals surface area contributed by atoms with Gasteiger partial charge in [-0.1, -0.05) is 63.2 Å². The van der Waals surface area contributed by atoms with Crippen LogP contribution in [-0.2, 0) is 0 Å². The first kappa shape index (κ1) is 16.2. The third kappa shape index (κ3) is 4.42. The Hall–Kier alpha value is -2.16. The van der Waals surface area contributed by atoms with E-state index in [1.165, 1.54) is 12.1 Å². The highest BCUT2D eigenvalue weighted by Crippen LogP contribution is 2.29. The number of rotatable bonds is 4. The molecule has 22 heavy (non-hydrogen) atoms. The third-order valence-electron chi connectivity index (χ3n) is 3.44. The molecular weight excluding hydrogens is 277 g/mol. The molecule has 0 bridgehead atoms. The van der Waals surface area contributed by atoms with Crippen molar-refractivity contribution in [2.75, 3.05) is 0 Å². The average Bonchev–Trinajstić information content (AvgIpc) is 2.46. The van der Waals surface area contributed by atoms with Gasteiger partial charge in [0, 0.05) is 0 Å². The van der Waals surface area contributed by atoms with Crippen molar-refractivity contribution >= 4 is 5.91 Å². The summed E-state index contributed by atoms with van der Waals surface area (Å²) in [6, 6.07) is 15.7. The Kier molecular flexibility index (Phi) is 4.96. The minimum atomic E-state index is -0.498. The summed E-state index contributed by atoms with van der Waals surface area (Å²) in [6.45, 7) is 6.37. The molecule has 0 spiro atoms. The summed E-state index contributed by atoms with van der Waals surface area (Å²) in [4.78, 5) is 12.4. The molecule has 0 heterocycles. The normalized spacial score (nSPS) is 12.7. The van der Waals surface area contributed by atoms with E-state index < -0.39 is 5.82 Å². The van der Waals surface area contributed by atoms with Crippen LogP contribution in [0.5, 0.6) is 0 Å². The van der Waals surface area contributed by atoms with E-state index in [4.69, 9.17) is 0 Å². The zero-order valence-electron chi connectivity index (χ0n) is 13.3. The molecule has 0 aliphatic rings. The first-order valence-electron chi connectivity index (χ1n) is 7.47. The molecule has 0 radical (unpaired) electrons. The van der Waals surface area contributed by atoms with Crippen molar-refractivity contribution < 1.29 is 9.18 Å². The number of carbonyl (C=O) groups is 1. The molecule has 2 nitrogen and oxygen atoms in total. The molecular formula is C19H22FNO. The van der Waals surface area contributed by atoms with E-state index >= 15 is 0 Å². The van der Waals surface area contributed by atoms with Crippen LogP contribution in [0, 0.1) is 11.2 Å². The van der Waals surface area contributed by atoms with Gasteiger partial charge in [-0.3, -0.25) is 4.79 Å². The molecule has 0 aromatic heterocycles. The largest absolute Gasteiger partial charge is 0.345 e. The average molecular weight is 299 g/mol. The van der Waals surface area contributed by atoms with Crippen LogP contribution in [0.2, 0.25) is 0 Å². The van der Waals surface area contributed by atoms with E-state index in [0.29, 0.717) is 0 Å². The standard InChI is InChI=1S/C19H22FNO/c1-19(2,3)13-17(14-9-5-4-6-10-14)21-18(22)15-11-7-8-12-16(15)20/h4-12,17H,13H2,1-3H3,(H,21,22). The molecule has 1 N–H and O–H groups in total. The van der Waals surface area contributed by atoms with Crippen molar-refractivity contribution in [2.24, 2.45) is 5.41 Å². The summed E-state index contributed by atoms with van der Waals surface area (Å²) in [5.74, 6) is -0.876. The topological polar surface area (TPSA) is 29.1 Å². The smallest absolute Gasteiger partial charge is 0.254 e. The summed E-state index contributed by atoms with van der Waals surface area (Å²) in [6.07, 6.45) is 0.775. The van der Waals surface area contributed by atoms with E-state index in [9.17, 15) is 9.18 Å². The van der Waals surface area contributed by atoms with Gasteiger partial charge in [0.05, 0.1) is 11.6 Å². The fourth-order valence-electron chi connectivity index (χ4n) is 2.43. The van der Waals surface area contributed by atoms with Gasteiger partial charge in [-0.15, -0.1) is 0 Å². The van der Waals surface area contributed by atoms with Gasteiger partial charge in [-0.05, 0) is 29.5 Å². The lowest BCUT2D eigenvalue weighted by Crippen LogP contribution is -2.31. The second kappa shape index (κ2) is 6.73. The Morgan fingerprint density at radius 1 is 1.05 bits per heavy atom. The third-order valence-corrected chi connectivity index (χ3v) is 3.44. The van der Waals surface area contributed by atoms with Gasteiger partial charge in [0.1, 0.15) is 5.82 Å². The van der Waals surface area contributed by atoms with E-state index in [0.717, 1.165) is 12.0 Å². The van der Waals surface area contributed by atoms with Crippen LogP contribution in [0.25, 0.3) is 0 Å². The molecule has 116 valence electrons. The van der Waals surface area contributed by atoms with Crippen LogP contribution >= 0.6 is 0 Å². The Labute approximate surface area is 131 Å². The van der Waals surface area contributed by atoms with Gasteiger partial charge in [-0.2, -0.15) is 0 Å². The van der Waals surface area contributed by atoms with Crippen molar-refractivity contribution in [2.45, 2.75) is 33.2 Å². The van der Waals surface area contributed by atoms with Crippen molar-refractivity contribution in [3.63, 3.8) is 0 Å². The zero-order valence-corrected chi connectivity index (χ0v) is 13.3. The van der Waals surface area contributed by atoms with Gasteiger partial charge >= 0.3 is 0 Å². The predicted octanol–water partition coefficient (Wildman–Crippen LogP) is 4.73. The highest BCUT2D eigenvalue weighted by atomic mass is 19.1. The molecule has 1 amide bonds. The molecule has 0 saturated carbocycles. The maximum atomic E-state index is 13.8. The fourth-order valence-corrected chi connectivity index (χ4v) is 2.43. The molecule has 2 aromatic carbocycles. The van der Waals surface area contributed by atoms with Crippen LogP contribution in [0.1, 0.15) is 49.2 Å². The SMILES string of the molecule is CC(C)(C)CC(NC(=O)c1ccccc1F)c1ccccc1. The van der Waals surface area contributed by atoms with Gasteiger partial charge < -0.3 is 5.32 Å². The van der Waals surface area contributed by atoms with Gasteiger partial charge in [0.25, 0.3) is 5.91 Å². The van der Waals surface area contributed by atoms with Crippen molar-refractivity contribution in [1.82, 2.24) is 5.32 Å². The van der Waals surface area contributed by atoms with Crippen molar-refractivity contribution in [3.05, 3.63) is 71.5 Å². The Balaban J connectivity index is 2.23. The zero-order chi connectivity index (χ0) is 16.2. The van der Waals surface area contributed by atoms with Gasteiger partial charge in [0.15, 0.2) is 0 Å². The van der Waals surface area contributed by atoms with Gasteiger partial charge in [0.2, 0.25) is 0 Å². The molecule has 1 atom stereocenters. The lowest BCUT2D eigenvalue weighted by molar-refractivity contribution is 0.0922. The van der Waals surface area contributed by atoms with E-state index in [1.54, 1.807) is 12.1 Å². The second-order valence-corrected chi connectivity index (χ2v) is 6.68. The van der Waals surface area contributed by atoms with Crippen LogP contribution in [0.15, 0.2) is 54.6 Å². The first-order valence-corrected chi connectivity index (χ1v) is 7.47. The summed E-state index contributed by atoms with van der Waals surface area (Å²) in [5, 5.41) is 2.97. The fraction of sp³-hybridized carbons (Fsp3) is 0.316. The molecule has 0 fully saturated rings. The quantitative estimate of drug-likeness (QED) is 0.868. The van der Waals surface area contributed by atoms with Crippen molar-refractivity contribution in [3.8, 4) is 0 Å². The number of amides is 1. The second-order valence-electron chi connectivity index (χ2n) is 6.68. The van der Waals surface area contributed by atoms with Crippen LogP contribution in [0.4, 0.5) is 4.39 Å². The predicted molar refractivity (Wildman–Crippen MR) is 87.1 cm³/mol. The summed E-state index contributed by atoms with van der Waals surface area (Å²) in [5.41, 5.74) is 1.16. The number of carbonyl (C=O) groups excluding carboxylic acids is 1. The van der Waals surface area contributed by atoms with Crippen LogP contribution in [-0.4, -0.2) is 5.91 Å². The maximum Gasteiger partial charge on any atom is 0.254 e. The first-order chi connectivity index (χ1) is 10.4. The number of hydrogen-bond donors (Lipinski definition) is 1. The molecule has 0 saturated heterocycles. The number of benzene rings is 2. The minimum Gasteiger partial charge on any atom is -0.345 e. The number of halogens is 1. The van der Waals surface area contributed by atoms with E-state index in [2.05, 4.69) is 26.1 Å². The number of nitrogens with one attached hydrogen (secondary N) is 1. The van der Waals surface area contributed by atoms with Crippen LogP contribution in [0.3, 0.4) is 0 Å². The monoisotopic (exact) mass is 299 g/mol. The lowest BCUT2D eigenvalue weighted by Gasteiger charge is -2.27. The highest BCUT2D eigenvalue weighted by molar-refractivity contribution is 5.94. The Morgan fingerprint density at radius 2 is 1.64 bits per heavy atom. The van der Waals surface area contributed by atoms with E-state index in [-0.39, 0.29) is 22.9 Å². The Morgan fingerprint density at radius 3 is 2.23 bits per heavy atom. The minimum absolute atomic E-state index is 0.0447. The van der Waals surface area contributed by atoms with Crippen LogP contribution < -0.4 is 5.32 Å². The van der Waals surface area contributed by atoms with Crippen molar-refractivity contribution in [1.29, 1.82) is 0 Å². The van der Waals surface area contributed by atoms with Gasteiger partial charge in [-0.25, -0.2) is 4.39 Å².